The summed E-state index contributed by atoms with van der Waals surface area (Å²) in [6.45, 7) is 1.39. The van der Waals surface area contributed by atoms with Gasteiger partial charge in [0.05, 0.1) is 10.6 Å². The van der Waals surface area contributed by atoms with Crippen molar-refractivity contribution in [2.45, 2.75) is 26.1 Å². The van der Waals surface area contributed by atoms with Crippen molar-refractivity contribution in [1.82, 2.24) is 5.32 Å². The van der Waals surface area contributed by atoms with Crippen LogP contribution in [-0.2, 0) is 9.59 Å². The maximum atomic E-state index is 12.6. The van der Waals surface area contributed by atoms with Gasteiger partial charge in [0.1, 0.15) is 10.8 Å². The fourth-order valence-corrected chi connectivity index (χ4v) is 3.93. The normalized spacial score (nSPS) is 13.5. The molecule has 5 N–H and O–H groups in total. The molecule has 1 aromatic heterocycles. The third-order valence-electron chi connectivity index (χ3n) is 4.36. The molecular formula is C21H19F3N4O4S. The largest absolute Gasteiger partial charge is 0.573 e. The second-order valence-electron chi connectivity index (χ2n) is 6.93. The Morgan fingerprint density at radius 1 is 1.06 bits per heavy atom. The summed E-state index contributed by atoms with van der Waals surface area (Å²) >= 11 is 1.04. The fourth-order valence-electron chi connectivity index (χ4n) is 2.95. The summed E-state index contributed by atoms with van der Waals surface area (Å²) in [6.07, 6.45) is -0.686. The second kappa shape index (κ2) is 9.77. The lowest BCUT2D eigenvalue weighted by Gasteiger charge is -2.14. The molecule has 3 amide bonds. The third kappa shape index (κ3) is 6.84. The van der Waals surface area contributed by atoms with E-state index in [9.17, 15) is 27.6 Å². The molecule has 0 bridgehead atoms. The van der Waals surface area contributed by atoms with Crippen LogP contribution in [0.4, 0.5) is 28.9 Å². The Labute approximate surface area is 190 Å². The number of ether oxygens (including phenoxy) is 1. The van der Waals surface area contributed by atoms with Crippen LogP contribution in [0.2, 0.25) is 0 Å². The third-order valence-corrected chi connectivity index (χ3v) is 5.32. The molecule has 1 heterocycles. The quantitative estimate of drug-likeness (QED) is 0.474. The minimum Gasteiger partial charge on any atom is -0.406 e. The first kappa shape index (κ1) is 23.9. The SMILES string of the molecule is CC(=O)NC1=CC=C(C(=O)Nc2sc(Nc3ccc(OC(F)(F)F)cc3)cc2C(N)=O)CC1. The highest BCUT2D eigenvalue weighted by atomic mass is 32.1. The number of allylic oxidation sites excluding steroid dienone is 3. The number of amides is 3. The van der Waals surface area contributed by atoms with Crippen LogP contribution in [0.25, 0.3) is 0 Å². The number of rotatable bonds is 7. The van der Waals surface area contributed by atoms with Gasteiger partial charge in [-0.05, 0) is 49.2 Å². The molecule has 33 heavy (non-hydrogen) atoms. The summed E-state index contributed by atoms with van der Waals surface area (Å²) in [4.78, 5) is 35.6. The summed E-state index contributed by atoms with van der Waals surface area (Å²) in [5.41, 5.74) is 7.10. The Morgan fingerprint density at radius 2 is 1.76 bits per heavy atom. The van der Waals surface area contributed by atoms with Gasteiger partial charge in [-0.15, -0.1) is 13.2 Å². The van der Waals surface area contributed by atoms with Crippen LogP contribution < -0.4 is 26.4 Å². The molecule has 0 fully saturated rings. The molecule has 3 rings (SSSR count). The lowest BCUT2D eigenvalue weighted by atomic mass is 10.0. The molecule has 0 aliphatic heterocycles. The van der Waals surface area contributed by atoms with Crippen molar-refractivity contribution in [1.29, 1.82) is 0 Å². The molecule has 0 saturated carbocycles. The number of thiophene rings is 1. The van der Waals surface area contributed by atoms with Crippen LogP contribution in [0, 0.1) is 0 Å². The Bertz CT molecular complexity index is 1140. The van der Waals surface area contributed by atoms with Crippen molar-refractivity contribution in [2.24, 2.45) is 5.73 Å². The van der Waals surface area contributed by atoms with E-state index in [2.05, 4.69) is 20.7 Å². The van der Waals surface area contributed by atoms with E-state index < -0.39 is 18.2 Å². The molecule has 174 valence electrons. The molecule has 0 saturated heterocycles. The molecule has 0 unspecified atom stereocenters. The number of halogens is 3. The molecule has 12 heteroatoms. The second-order valence-corrected chi connectivity index (χ2v) is 7.99. The first-order chi connectivity index (χ1) is 15.5. The van der Waals surface area contributed by atoms with Crippen molar-refractivity contribution < 1.29 is 32.3 Å². The zero-order valence-corrected chi connectivity index (χ0v) is 18.0. The Kier molecular flexibility index (Phi) is 7.07. The topological polar surface area (TPSA) is 123 Å². The van der Waals surface area contributed by atoms with Crippen molar-refractivity contribution in [2.75, 3.05) is 10.6 Å². The van der Waals surface area contributed by atoms with Crippen molar-refractivity contribution in [3.63, 3.8) is 0 Å². The van der Waals surface area contributed by atoms with Crippen molar-refractivity contribution in [3.05, 3.63) is 59.3 Å². The molecule has 2 aromatic rings. The number of anilines is 3. The molecule has 1 aliphatic rings. The van der Waals surface area contributed by atoms with Gasteiger partial charge >= 0.3 is 6.36 Å². The minimum absolute atomic E-state index is 0.0822. The van der Waals surface area contributed by atoms with E-state index in [0.29, 0.717) is 34.8 Å². The molecule has 1 aromatic carbocycles. The number of nitrogens with two attached hydrogens (primary N) is 1. The van der Waals surface area contributed by atoms with E-state index in [1.165, 1.54) is 25.1 Å². The van der Waals surface area contributed by atoms with Gasteiger partial charge in [0.15, 0.2) is 0 Å². The van der Waals surface area contributed by atoms with Gasteiger partial charge in [0.2, 0.25) is 5.91 Å². The van der Waals surface area contributed by atoms with Crippen LogP contribution in [0.1, 0.15) is 30.1 Å². The Balaban J connectivity index is 1.71. The standard InChI is InChI=1S/C21H19F3N4O4S/c1-11(29)26-13-4-2-12(3-5-13)19(31)28-20-16(18(25)30)10-17(33-20)27-14-6-8-15(9-7-14)32-21(22,23)24/h2,4,6-10,27H,3,5H2,1H3,(H2,25,30)(H,26,29)(H,28,31). The number of carbonyl (C=O) groups is 3. The van der Waals surface area contributed by atoms with E-state index in [0.717, 1.165) is 23.5 Å². The molecule has 8 nitrogen and oxygen atoms in total. The predicted molar refractivity (Wildman–Crippen MR) is 117 cm³/mol. The lowest BCUT2D eigenvalue weighted by Crippen LogP contribution is -2.22. The predicted octanol–water partition coefficient (Wildman–Crippen LogP) is 4.17. The van der Waals surface area contributed by atoms with E-state index >= 15 is 0 Å². The smallest absolute Gasteiger partial charge is 0.406 e. The van der Waals surface area contributed by atoms with Gasteiger partial charge < -0.3 is 26.4 Å². The molecular weight excluding hydrogens is 461 g/mol. The average molecular weight is 480 g/mol. The highest BCUT2D eigenvalue weighted by molar-refractivity contribution is 7.20. The maximum Gasteiger partial charge on any atom is 0.573 e. The highest BCUT2D eigenvalue weighted by Gasteiger charge is 2.31. The van der Waals surface area contributed by atoms with Crippen LogP contribution in [-0.4, -0.2) is 24.1 Å². The van der Waals surface area contributed by atoms with Gasteiger partial charge in [-0.3, -0.25) is 14.4 Å². The van der Waals surface area contributed by atoms with Crippen LogP contribution in [0.15, 0.2) is 53.8 Å². The van der Waals surface area contributed by atoms with Crippen molar-refractivity contribution >= 4 is 44.7 Å². The molecule has 1 aliphatic carbocycles. The number of hydrogen-bond acceptors (Lipinski definition) is 6. The summed E-state index contributed by atoms with van der Waals surface area (Å²) in [7, 11) is 0. The summed E-state index contributed by atoms with van der Waals surface area (Å²) < 4.78 is 40.7. The van der Waals surface area contributed by atoms with E-state index in [4.69, 9.17) is 5.73 Å². The van der Waals surface area contributed by atoms with Gasteiger partial charge in [0, 0.05) is 23.9 Å². The highest BCUT2D eigenvalue weighted by Crippen LogP contribution is 2.35. The Morgan fingerprint density at radius 3 is 2.30 bits per heavy atom. The van der Waals surface area contributed by atoms with E-state index in [1.807, 2.05) is 0 Å². The number of primary amides is 1. The number of hydrogen-bond donors (Lipinski definition) is 4. The number of carbonyl (C=O) groups excluding carboxylic acids is 3. The number of alkyl halides is 3. The van der Waals surface area contributed by atoms with Crippen LogP contribution >= 0.6 is 11.3 Å². The summed E-state index contributed by atoms with van der Waals surface area (Å²) in [5.74, 6) is -1.75. The minimum atomic E-state index is -4.79. The first-order valence-corrected chi connectivity index (χ1v) is 10.4. The monoisotopic (exact) mass is 480 g/mol. The first-order valence-electron chi connectivity index (χ1n) is 9.55. The number of nitrogens with one attached hydrogen (secondary N) is 3. The van der Waals surface area contributed by atoms with Gasteiger partial charge in [0.25, 0.3) is 11.8 Å². The fraction of sp³-hybridized carbons (Fsp3) is 0.190. The summed E-state index contributed by atoms with van der Waals surface area (Å²) in [5, 5.41) is 8.95. The average Bonchev–Trinajstić information content (AvgIpc) is 3.11. The van der Waals surface area contributed by atoms with E-state index in [-0.39, 0.29) is 22.2 Å². The zero-order valence-electron chi connectivity index (χ0n) is 17.2. The summed E-state index contributed by atoms with van der Waals surface area (Å²) in [6, 6.07) is 6.45. The Hall–Kier alpha value is -3.80. The number of benzene rings is 1. The maximum absolute atomic E-state index is 12.6. The van der Waals surface area contributed by atoms with Crippen LogP contribution in [0.5, 0.6) is 5.75 Å². The van der Waals surface area contributed by atoms with Crippen molar-refractivity contribution in [3.8, 4) is 5.75 Å². The van der Waals surface area contributed by atoms with E-state index in [1.54, 1.807) is 12.2 Å². The van der Waals surface area contributed by atoms with Gasteiger partial charge in [-0.1, -0.05) is 17.4 Å². The molecule has 0 atom stereocenters. The van der Waals surface area contributed by atoms with Gasteiger partial charge in [-0.25, -0.2) is 0 Å². The van der Waals surface area contributed by atoms with Crippen LogP contribution in [0.3, 0.4) is 0 Å². The molecule has 0 spiro atoms. The van der Waals surface area contributed by atoms with Gasteiger partial charge in [-0.2, -0.15) is 0 Å². The lowest BCUT2D eigenvalue weighted by molar-refractivity contribution is -0.274. The zero-order chi connectivity index (χ0) is 24.2. The molecule has 0 radical (unpaired) electrons.